The highest BCUT2D eigenvalue weighted by molar-refractivity contribution is 5.53. The van der Waals surface area contributed by atoms with Gasteiger partial charge in [0.05, 0.1) is 40.1 Å². The Hall–Kier alpha value is -2.28. The van der Waals surface area contributed by atoms with E-state index < -0.39 is 0 Å². The Bertz CT molecular complexity index is 534. The van der Waals surface area contributed by atoms with Crippen LogP contribution in [0.25, 0.3) is 0 Å². The molecule has 1 aromatic carbocycles. The number of hydrogen-bond acceptors (Lipinski definition) is 6. The molecule has 0 saturated carbocycles. The van der Waals surface area contributed by atoms with Crippen LogP contribution in [0.5, 0.6) is 11.5 Å². The summed E-state index contributed by atoms with van der Waals surface area (Å²) in [5, 5.41) is 20.0. The molecule has 0 bridgehead atoms. The van der Waals surface area contributed by atoms with Crippen LogP contribution >= 0.6 is 0 Å². The van der Waals surface area contributed by atoms with Crippen molar-refractivity contribution in [2.24, 2.45) is 0 Å². The van der Waals surface area contributed by atoms with Gasteiger partial charge < -0.3 is 19.9 Å². The van der Waals surface area contributed by atoms with Gasteiger partial charge in [-0.25, -0.2) is 4.68 Å². The Labute approximate surface area is 117 Å². The van der Waals surface area contributed by atoms with Crippen molar-refractivity contribution in [2.75, 3.05) is 26.1 Å². The van der Waals surface area contributed by atoms with Gasteiger partial charge in [-0.15, -0.1) is 5.10 Å². The molecule has 0 unspecified atom stereocenters. The molecule has 2 aromatic rings. The van der Waals surface area contributed by atoms with Crippen molar-refractivity contribution in [3.63, 3.8) is 0 Å². The molecule has 0 aliphatic rings. The predicted octanol–water partition coefficient (Wildman–Crippen LogP) is 0.900. The maximum Gasteiger partial charge on any atom is 0.124 e. The van der Waals surface area contributed by atoms with Gasteiger partial charge in [0.15, 0.2) is 0 Å². The molecule has 108 valence electrons. The summed E-state index contributed by atoms with van der Waals surface area (Å²) in [6.07, 6.45) is 1.79. The number of nitrogens with one attached hydrogen (secondary N) is 1. The SMILES string of the molecule is COc1cc(NCc2cn(CCO)nn2)cc(OC)c1. The lowest BCUT2D eigenvalue weighted by molar-refractivity contribution is 0.268. The number of nitrogens with zero attached hydrogens (tertiary/aromatic N) is 3. The van der Waals surface area contributed by atoms with Crippen LogP contribution in [0.2, 0.25) is 0 Å². The fraction of sp³-hybridized carbons (Fsp3) is 0.385. The summed E-state index contributed by atoms with van der Waals surface area (Å²) in [4.78, 5) is 0. The van der Waals surface area contributed by atoms with Crippen LogP contribution in [0, 0.1) is 0 Å². The van der Waals surface area contributed by atoms with Crippen LogP contribution in [0.4, 0.5) is 5.69 Å². The molecule has 2 N–H and O–H groups in total. The van der Waals surface area contributed by atoms with Gasteiger partial charge in [0.25, 0.3) is 0 Å². The van der Waals surface area contributed by atoms with E-state index in [1.807, 2.05) is 18.2 Å². The zero-order valence-corrected chi connectivity index (χ0v) is 11.5. The van der Waals surface area contributed by atoms with Crippen molar-refractivity contribution < 1.29 is 14.6 Å². The lowest BCUT2D eigenvalue weighted by Crippen LogP contribution is -2.02. The number of benzene rings is 1. The van der Waals surface area contributed by atoms with Gasteiger partial charge in [-0.1, -0.05) is 5.21 Å². The fourth-order valence-corrected chi connectivity index (χ4v) is 1.73. The first-order valence-electron chi connectivity index (χ1n) is 6.22. The third kappa shape index (κ3) is 3.61. The van der Waals surface area contributed by atoms with Crippen LogP contribution in [-0.2, 0) is 13.1 Å². The molecule has 0 aliphatic carbocycles. The van der Waals surface area contributed by atoms with Gasteiger partial charge in [0.1, 0.15) is 17.2 Å². The molecule has 20 heavy (non-hydrogen) atoms. The topological polar surface area (TPSA) is 81.4 Å². The van der Waals surface area contributed by atoms with Crippen molar-refractivity contribution in [1.29, 1.82) is 0 Å². The maximum absolute atomic E-state index is 8.82. The number of aliphatic hydroxyl groups excluding tert-OH is 1. The highest BCUT2D eigenvalue weighted by Gasteiger charge is 2.04. The number of rotatable bonds is 7. The second-order valence-corrected chi connectivity index (χ2v) is 4.15. The number of aromatic nitrogens is 3. The Morgan fingerprint density at radius 3 is 2.50 bits per heavy atom. The second kappa shape index (κ2) is 6.76. The average molecular weight is 278 g/mol. The van der Waals surface area contributed by atoms with Gasteiger partial charge in [0.2, 0.25) is 0 Å². The van der Waals surface area contributed by atoms with Crippen LogP contribution in [0.15, 0.2) is 24.4 Å². The molecule has 2 rings (SSSR count). The standard InChI is InChI=1S/C13H18N4O3/c1-19-12-5-10(6-13(7-12)20-2)14-8-11-9-17(3-4-18)16-15-11/h5-7,9,14,18H,3-4,8H2,1-2H3. The summed E-state index contributed by atoms with van der Waals surface area (Å²) >= 11 is 0. The third-order valence-corrected chi connectivity index (χ3v) is 2.74. The first kappa shape index (κ1) is 14.1. The Balaban J connectivity index is 2.02. The lowest BCUT2D eigenvalue weighted by Gasteiger charge is -2.09. The van der Waals surface area contributed by atoms with E-state index in [9.17, 15) is 0 Å². The van der Waals surface area contributed by atoms with E-state index in [0.29, 0.717) is 13.1 Å². The predicted molar refractivity (Wildman–Crippen MR) is 74.0 cm³/mol. The quantitative estimate of drug-likeness (QED) is 0.783. The van der Waals surface area contributed by atoms with E-state index in [1.165, 1.54) is 0 Å². The Kier molecular flexibility index (Phi) is 4.78. The molecule has 1 aromatic heterocycles. The Morgan fingerprint density at radius 1 is 1.20 bits per heavy atom. The summed E-state index contributed by atoms with van der Waals surface area (Å²) in [5.41, 5.74) is 1.66. The van der Waals surface area contributed by atoms with E-state index in [1.54, 1.807) is 25.1 Å². The summed E-state index contributed by atoms with van der Waals surface area (Å²) in [6, 6.07) is 5.56. The summed E-state index contributed by atoms with van der Waals surface area (Å²) < 4.78 is 12.0. The van der Waals surface area contributed by atoms with Crippen molar-refractivity contribution >= 4 is 5.69 Å². The van der Waals surface area contributed by atoms with E-state index in [4.69, 9.17) is 14.6 Å². The van der Waals surface area contributed by atoms with E-state index >= 15 is 0 Å². The molecule has 0 fully saturated rings. The minimum absolute atomic E-state index is 0.0450. The number of ether oxygens (including phenoxy) is 2. The van der Waals surface area contributed by atoms with Crippen molar-refractivity contribution in [1.82, 2.24) is 15.0 Å². The zero-order chi connectivity index (χ0) is 14.4. The molecular formula is C13H18N4O3. The summed E-state index contributed by atoms with van der Waals surface area (Å²) in [7, 11) is 3.22. The first-order valence-corrected chi connectivity index (χ1v) is 6.22. The van der Waals surface area contributed by atoms with Crippen LogP contribution in [0.3, 0.4) is 0 Å². The molecule has 0 aliphatic heterocycles. The summed E-state index contributed by atoms with van der Waals surface area (Å²) in [6.45, 7) is 1.02. The highest BCUT2D eigenvalue weighted by Crippen LogP contribution is 2.25. The van der Waals surface area contributed by atoms with Crippen molar-refractivity contribution in [2.45, 2.75) is 13.1 Å². The molecule has 0 spiro atoms. The molecule has 7 nitrogen and oxygen atoms in total. The molecular weight excluding hydrogens is 260 g/mol. The van der Waals surface area contributed by atoms with Crippen molar-refractivity contribution in [3.8, 4) is 11.5 Å². The number of aliphatic hydroxyl groups is 1. The van der Waals surface area contributed by atoms with Gasteiger partial charge >= 0.3 is 0 Å². The number of anilines is 1. The van der Waals surface area contributed by atoms with Gasteiger partial charge in [-0.2, -0.15) is 0 Å². The molecule has 0 atom stereocenters. The first-order chi connectivity index (χ1) is 9.75. The molecule has 0 amide bonds. The van der Waals surface area contributed by atoms with Crippen LogP contribution in [-0.4, -0.2) is 40.9 Å². The molecule has 1 heterocycles. The van der Waals surface area contributed by atoms with E-state index in [0.717, 1.165) is 22.9 Å². The normalized spacial score (nSPS) is 10.3. The highest BCUT2D eigenvalue weighted by atomic mass is 16.5. The third-order valence-electron chi connectivity index (χ3n) is 2.74. The van der Waals surface area contributed by atoms with Gasteiger partial charge in [-0.05, 0) is 0 Å². The average Bonchev–Trinajstić information content (AvgIpc) is 2.93. The summed E-state index contributed by atoms with van der Waals surface area (Å²) in [5.74, 6) is 1.44. The van der Waals surface area contributed by atoms with E-state index in [2.05, 4.69) is 15.6 Å². The smallest absolute Gasteiger partial charge is 0.124 e. The Morgan fingerprint density at radius 2 is 1.90 bits per heavy atom. The number of methoxy groups -OCH3 is 2. The largest absolute Gasteiger partial charge is 0.497 e. The van der Waals surface area contributed by atoms with Crippen LogP contribution in [0.1, 0.15) is 5.69 Å². The lowest BCUT2D eigenvalue weighted by atomic mass is 10.2. The molecule has 7 heteroatoms. The zero-order valence-electron chi connectivity index (χ0n) is 11.5. The second-order valence-electron chi connectivity index (χ2n) is 4.15. The van der Waals surface area contributed by atoms with Gasteiger partial charge in [-0.3, -0.25) is 0 Å². The number of hydrogen-bond donors (Lipinski definition) is 2. The van der Waals surface area contributed by atoms with Gasteiger partial charge in [0, 0.05) is 23.9 Å². The minimum Gasteiger partial charge on any atom is -0.497 e. The molecule has 0 saturated heterocycles. The molecule has 0 radical (unpaired) electrons. The monoisotopic (exact) mass is 278 g/mol. The van der Waals surface area contributed by atoms with Crippen LogP contribution < -0.4 is 14.8 Å². The minimum atomic E-state index is 0.0450. The fourth-order valence-electron chi connectivity index (χ4n) is 1.73. The maximum atomic E-state index is 8.82. The van der Waals surface area contributed by atoms with Crippen molar-refractivity contribution in [3.05, 3.63) is 30.1 Å². The van der Waals surface area contributed by atoms with E-state index in [-0.39, 0.29) is 6.61 Å².